The number of rotatable bonds is 25. The molecule has 10 aromatic rings. The largest absolute Gasteiger partial charge is 0.480 e. The number of fused-ring (bicyclic) bond motifs is 4. The Morgan fingerprint density at radius 3 is 1.32 bits per heavy atom. The lowest BCUT2D eigenvalue weighted by Crippen LogP contribution is -2.54. The number of Topliss-reactive ketones (excluding diaryl/α,β-unsaturated/α-hetero) is 2. The second-order valence-electron chi connectivity index (χ2n) is 27.0. The first kappa shape index (κ1) is 80.0. The number of carbonyl (C=O) groups excluding carboxylic acids is 13. The molecular formula is C85H79FN14O15. The van der Waals surface area contributed by atoms with Crippen molar-refractivity contribution in [2.75, 3.05) is 67.9 Å². The molecule has 14 rings (SSSR count). The summed E-state index contributed by atoms with van der Waals surface area (Å²) in [5.74, 6) is -7.42. The number of para-hydroxylation sites is 2. The number of amides is 11. The Morgan fingerprint density at radius 2 is 0.930 bits per heavy atom. The van der Waals surface area contributed by atoms with Crippen LogP contribution >= 0.6 is 0 Å². The van der Waals surface area contributed by atoms with Crippen molar-refractivity contribution in [3.63, 3.8) is 0 Å². The van der Waals surface area contributed by atoms with Crippen LogP contribution in [0.25, 0.3) is 44.1 Å². The maximum absolute atomic E-state index is 13.4. The van der Waals surface area contributed by atoms with Crippen LogP contribution in [0.4, 0.5) is 38.5 Å². The number of imide groups is 4. The SMILES string of the molecule is CN(CC(=O)NCCCC(=O)c1ccc(-c2ccc3c(Nc4ccccc4)c(C(N)=O)cnc3c2)cc1)c1cccc2c1C(=O)N(C1CCC(=O)NC1=O)C2=O.CN(CC(=O)O)c1cccc2c1C(=O)N(C1CCC(=O)NC1=O)C2=O.NCCCC(=O)c1ccc(-c2ccc3c(Nc4ccccc4)c(C(N)=O)cnc3c2)cc1.[2H]CF. The number of benzene rings is 8. The van der Waals surface area contributed by atoms with Crippen LogP contribution in [0.2, 0.25) is 0 Å². The van der Waals surface area contributed by atoms with Crippen molar-refractivity contribution >= 4 is 138 Å². The van der Waals surface area contributed by atoms with Crippen LogP contribution < -0.4 is 53.6 Å². The zero-order valence-corrected chi connectivity index (χ0v) is 62.3. The van der Waals surface area contributed by atoms with Crippen LogP contribution in [0.15, 0.2) is 194 Å². The Labute approximate surface area is 658 Å². The number of nitrogens with two attached hydrogens (primary N) is 3. The molecule has 4 aliphatic heterocycles. The minimum Gasteiger partial charge on any atom is -0.480 e. The Hall–Kier alpha value is -14.6. The standard InChI is InChI=1S/C42H37N7O7.C26H24N4O2.C16H15N3O6.CH3F/c1-48(32-10-5-9-29-37(32)42(56)49(41(29)55)33-18-19-35(51)47-40(33)54)23-36(52)44-20-6-11-34(50)25-14-12-24(13-15-25)26-16-17-28-31(21-26)45-22-30(39(43)53)38(28)46-27-7-3-2-4-8-27;27-14-4-7-24(31)18-10-8-17(9-11-18)19-12-13-21-23(15-19)29-16-22(26(28)32)25(21)30-20-5-2-1-3-6-20;1-18(7-12(21)22)9-4-2-3-8-13(9)16(25)19(15(8)24)10-5-6-11(20)17-14(10)23;1-2/h2-5,7-10,12-17,21-22,33H,6,11,18-20,23H2,1H3,(H2,43,53)(H,44,52)(H,45,46)(H,47,51,54);1-3,5-6,8-13,15-16H,4,7,14,27H2,(H2,28,32)(H,29,30);2-4,10H,5-7H2,1H3,(H,21,22)(H,17,20,23);1H3/i;;;1D. The van der Waals surface area contributed by atoms with Crippen LogP contribution in [-0.4, -0.2) is 167 Å². The van der Waals surface area contributed by atoms with Gasteiger partial charge in [0.05, 0.1) is 82.2 Å². The summed E-state index contributed by atoms with van der Waals surface area (Å²) in [5.41, 5.74) is 27.5. The lowest BCUT2D eigenvalue weighted by atomic mass is 9.99. The maximum atomic E-state index is 13.4. The molecule has 29 nitrogen and oxygen atoms in total. The Morgan fingerprint density at radius 1 is 0.530 bits per heavy atom. The number of hydrogen-bond acceptors (Lipinski definition) is 21. The average molecular weight is 1560 g/mol. The quantitative estimate of drug-likeness (QED) is 0.0146. The molecule has 6 heterocycles. The highest BCUT2D eigenvalue weighted by Crippen LogP contribution is 2.38. The number of primary amides is 2. The van der Waals surface area contributed by atoms with Crippen molar-refractivity contribution in [1.29, 1.82) is 0 Å². The van der Waals surface area contributed by atoms with E-state index >= 15 is 0 Å². The number of nitrogens with one attached hydrogen (secondary N) is 5. The summed E-state index contributed by atoms with van der Waals surface area (Å²) in [6.45, 7) is 0.267. The summed E-state index contributed by atoms with van der Waals surface area (Å²) in [6, 6.07) is 52.5. The van der Waals surface area contributed by atoms with Gasteiger partial charge in [0, 0.05) is 92.0 Å². The lowest BCUT2D eigenvalue weighted by Gasteiger charge is -2.28. The number of carboxylic acid groups (broad SMARTS) is 1. The van der Waals surface area contributed by atoms with Gasteiger partial charge in [0.25, 0.3) is 35.4 Å². The van der Waals surface area contributed by atoms with Gasteiger partial charge < -0.3 is 48.1 Å². The van der Waals surface area contributed by atoms with Gasteiger partial charge in [0.1, 0.15) is 18.6 Å². The van der Waals surface area contributed by atoms with Crippen molar-refractivity contribution in [3.05, 3.63) is 239 Å². The normalized spacial score (nSPS) is 14.8. The number of aliphatic carboxylic acids is 1. The molecule has 8 aromatic carbocycles. The molecule has 4 aliphatic rings. The van der Waals surface area contributed by atoms with E-state index in [4.69, 9.17) is 23.7 Å². The van der Waals surface area contributed by atoms with Gasteiger partial charge in [0.15, 0.2) is 11.6 Å². The monoisotopic (exact) mass is 1560 g/mol. The number of carbonyl (C=O) groups is 14. The third-order valence-electron chi connectivity index (χ3n) is 19.4. The van der Waals surface area contributed by atoms with Crippen LogP contribution in [0.1, 0.15) is 136 Å². The summed E-state index contributed by atoms with van der Waals surface area (Å²) < 4.78 is 15.5. The number of piperidine rings is 2. The van der Waals surface area contributed by atoms with E-state index < -0.39 is 84.3 Å². The summed E-state index contributed by atoms with van der Waals surface area (Å²) >= 11 is 0. The summed E-state index contributed by atoms with van der Waals surface area (Å²) in [5, 5.41) is 24.2. The van der Waals surface area contributed by atoms with Crippen LogP contribution in [0.3, 0.4) is 0 Å². The zero-order valence-electron chi connectivity index (χ0n) is 63.3. The van der Waals surface area contributed by atoms with E-state index in [2.05, 4.69) is 36.6 Å². The summed E-state index contributed by atoms with van der Waals surface area (Å²) in [6.07, 6.45) is 4.85. The molecule has 0 saturated carbocycles. The number of halogens is 1. The van der Waals surface area contributed by atoms with Gasteiger partial charge in [-0.05, 0) is 115 Å². The molecule has 2 saturated heterocycles. The Kier molecular flexibility index (Phi) is 25.4. The first-order valence-corrected chi connectivity index (χ1v) is 36.3. The zero-order chi connectivity index (χ0) is 83.0. The molecule has 2 aromatic heterocycles. The topological polar surface area (TPSA) is 436 Å². The molecule has 2 atom stereocenters. The molecule has 115 heavy (non-hydrogen) atoms. The Balaban J connectivity index is 0.000000185. The van der Waals surface area contributed by atoms with E-state index in [0.717, 1.165) is 59.7 Å². The maximum Gasteiger partial charge on any atom is 0.323 e. The number of hydrogen-bond donors (Lipinski definition) is 9. The van der Waals surface area contributed by atoms with E-state index in [1.807, 2.05) is 133 Å². The lowest BCUT2D eigenvalue weighted by molar-refractivity contribution is -0.137. The van der Waals surface area contributed by atoms with Crippen molar-refractivity contribution in [2.45, 2.75) is 63.5 Å². The number of pyridine rings is 2. The van der Waals surface area contributed by atoms with E-state index in [0.29, 0.717) is 70.8 Å². The molecule has 12 N–H and O–H groups in total. The highest BCUT2D eigenvalue weighted by Gasteiger charge is 2.48. The number of anilines is 6. The molecule has 2 fully saturated rings. The fourth-order valence-corrected chi connectivity index (χ4v) is 13.7. The molecule has 30 heteroatoms. The first-order chi connectivity index (χ1) is 55.8. The van der Waals surface area contributed by atoms with E-state index in [9.17, 15) is 71.5 Å². The average Bonchev–Trinajstić information content (AvgIpc) is 1.62. The molecule has 0 bridgehead atoms. The van der Waals surface area contributed by atoms with Crippen molar-refractivity contribution in [3.8, 4) is 22.3 Å². The number of aromatic nitrogens is 2. The van der Waals surface area contributed by atoms with Gasteiger partial charge in [-0.25, -0.2) is 0 Å². The van der Waals surface area contributed by atoms with Gasteiger partial charge >= 0.3 is 5.97 Å². The summed E-state index contributed by atoms with van der Waals surface area (Å²) in [4.78, 5) is 186. The van der Waals surface area contributed by atoms with Gasteiger partial charge in [-0.2, -0.15) is 0 Å². The third-order valence-corrected chi connectivity index (χ3v) is 19.4. The van der Waals surface area contributed by atoms with Crippen molar-refractivity contribution in [2.24, 2.45) is 17.2 Å². The van der Waals surface area contributed by atoms with Gasteiger partial charge in [-0.1, -0.05) is 121 Å². The molecular weight excluding hydrogens is 1480 g/mol. The van der Waals surface area contributed by atoms with Gasteiger partial charge in [-0.15, -0.1) is 0 Å². The van der Waals surface area contributed by atoms with E-state index in [1.54, 1.807) is 48.3 Å². The predicted octanol–water partition coefficient (Wildman–Crippen LogP) is 9.22. The summed E-state index contributed by atoms with van der Waals surface area (Å²) in [7, 11) is 2.11. The second-order valence-corrected chi connectivity index (χ2v) is 27.0. The number of carboxylic acids is 1. The van der Waals surface area contributed by atoms with Gasteiger partial charge in [0.2, 0.25) is 29.5 Å². The molecule has 0 spiro atoms. The van der Waals surface area contributed by atoms with Crippen molar-refractivity contribution < 1.29 is 78.0 Å². The number of likely N-dealkylation sites (N-methyl/N-ethyl adjacent to an activating group) is 2. The first-order valence-electron chi connectivity index (χ1n) is 37.0. The van der Waals surface area contributed by atoms with Crippen LogP contribution in [-0.2, 0) is 28.8 Å². The number of alkyl halides is 1. The highest BCUT2D eigenvalue weighted by atomic mass is 19.1. The fraction of sp³-hybridized carbons (Fsp3) is 0.200. The second kappa shape index (κ2) is 36.5. The molecule has 0 radical (unpaired) electrons. The molecule has 11 amide bonds. The highest BCUT2D eigenvalue weighted by molar-refractivity contribution is 6.27. The molecule has 586 valence electrons. The van der Waals surface area contributed by atoms with E-state index in [-0.39, 0.29) is 97.0 Å². The predicted molar refractivity (Wildman–Crippen MR) is 427 cm³/mol. The number of ketones is 2. The van der Waals surface area contributed by atoms with Crippen LogP contribution in [0, 0.1) is 0 Å². The Bertz CT molecular complexity index is 5560. The minimum absolute atomic E-state index is 0.0114. The van der Waals surface area contributed by atoms with E-state index in [1.165, 1.54) is 36.5 Å². The fourth-order valence-electron chi connectivity index (χ4n) is 13.7. The van der Waals surface area contributed by atoms with Crippen molar-refractivity contribution in [1.82, 2.24) is 35.7 Å². The molecule has 2 unspecified atom stereocenters. The van der Waals surface area contributed by atoms with Gasteiger partial charge in [-0.3, -0.25) is 102 Å². The minimum atomic E-state index is -1.10. The smallest absolute Gasteiger partial charge is 0.323 e. The number of nitrogens with zero attached hydrogens (tertiary/aromatic N) is 6. The van der Waals surface area contributed by atoms with Crippen LogP contribution in [0.5, 0.6) is 0 Å². The molecule has 0 aliphatic carbocycles. The third kappa shape index (κ3) is 18.4.